The first-order chi connectivity index (χ1) is 4.68. The molecule has 0 heterocycles. The van der Waals surface area contributed by atoms with Crippen molar-refractivity contribution in [3.63, 3.8) is 0 Å². The lowest BCUT2D eigenvalue weighted by molar-refractivity contribution is 0.696. The van der Waals surface area contributed by atoms with Gasteiger partial charge in [-0.1, -0.05) is 0 Å². The van der Waals surface area contributed by atoms with E-state index in [0.29, 0.717) is 5.88 Å². The molecule has 0 radical (unpaired) electrons. The van der Waals surface area contributed by atoms with Crippen molar-refractivity contribution in [2.24, 2.45) is 0 Å². The van der Waals surface area contributed by atoms with E-state index in [1.165, 1.54) is 0 Å². The Bertz CT molecular complexity index is 132. The van der Waals surface area contributed by atoms with Crippen LogP contribution in [0.25, 0.3) is 0 Å². The van der Waals surface area contributed by atoms with Crippen LogP contribution in [0, 0.1) is 11.3 Å². The zero-order valence-corrected chi connectivity index (χ0v) is 7.93. The van der Waals surface area contributed by atoms with E-state index < -0.39 is 0 Å². The van der Waals surface area contributed by atoms with E-state index >= 15 is 0 Å². The maximum absolute atomic E-state index is 8.70. The predicted octanol–water partition coefficient (Wildman–Crippen LogP) is 2.65. The molecule has 0 bridgehead atoms. The molecule has 0 unspecified atom stereocenters. The number of thioether (sulfide) groups is 1. The lowest BCUT2D eigenvalue weighted by Gasteiger charge is -2.16. The van der Waals surface area contributed by atoms with Gasteiger partial charge in [-0.05, 0) is 26.0 Å². The van der Waals surface area contributed by atoms with Crippen molar-refractivity contribution in [3.05, 3.63) is 0 Å². The summed E-state index contributed by atoms with van der Waals surface area (Å²) in [5.74, 6) is 0.651. The second kappa shape index (κ2) is 4.87. The third-order valence-electron chi connectivity index (χ3n) is 1.47. The first-order valence-electron chi connectivity index (χ1n) is 3.21. The molecular weight excluding hydrogens is 166 g/mol. The summed E-state index contributed by atoms with van der Waals surface area (Å²) in [6.07, 6.45) is 3.76. The maximum Gasteiger partial charge on any atom is 0.0993 e. The van der Waals surface area contributed by atoms with E-state index in [9.17, 15) is 0 Å². The van der Waals surface area contributed by atoms with E-state index in [2.05, 4.69) is 6.07 Å². The van der Waals surface area contributed by atoms with E-state index in [1.807, 2.05) is 13.2 Å². The highest BCUT2D eigenvalue weighted by Crippen LogP contribution is 2.26. The average molecular weight is 178 g/mol. The first-order valence-corrected chi connectivity index (χ1v) is 4.97. The third kappa shape index (κ3) is 3.34. The van der Waals surface area contributed by atoms with Gasteiger partial charge in [0.05, 0.1) is 10.8 Å². The maximum atomic E-state index is 8.70. The molecule has 0 aliphatic carbocycles. The largest absolute Gasteiger partial charge is 0.197 e. The highest BCUT2D eigenvalue weighted by atomic mass is 35.5. The number of nitrogens with zero attached hydrogens (tertiary/aromatic N) is 1. The van der Waals surface area contributed by atoms with Gasteiger partial charge in [0, 0.05) is 5.88 Å². The summed E-state index contributed by atoms with van der Waals surface area (Å²) in [6.45, 7) is 1.95. The Morgan fingerprint density at radius 3 is 2.60 bits per heavy atom. The Morgan fingerprint density at radius 2 is 2.30 bits per heavy atom. The van der Waals surface area contributed by atoms with Crippen molar-refractivity contribution >= 4 is 23.4 Å². The lowest BCUT2D eigenvalue weighted by Crippen LogP contribution is -2.16. The van der Waals surface area contributed by atoms with E-state index in [1.54, 1.807) is 11.8 Å². The quantitative estimate of drug-likeness (QED) is 0.617. The lowest BCUT2D eigenvalue weighted by atomic mass is 10.1. The van der Waals surface area contributed by atoms with Crippen molar-refractivity contribution in [2.45, 2.75) is 24.5 Å². The molecule has 0 rings (SSSR count). The molecule has 0 fully saturated rings. The second-order valence-corrected chi connectivity index (χ2v) is 4.03. The molecular formula is C7H12ClNS. The first kappa shape index (κ1) is 10.1. The Balaban J connectivity index is 3.72. The second-order valence-electron chi connectivity index (χ2n) is 2.34. The van der Waals surface area contributed by atoms with Gasteiger partial charge in [-0.25, -0.2) is 0 Å². The fraction of sp³-hybridized carbons (Fsp3) is 0.857. The Morgan fingerprint density at radius 1 is 1.70 bits per heavy atom. The van der Waals surface area contributed by atoms with Gasteiger partial charge >= 0.3 is 0 Å². The van der Waals surface area contributed by atoms with Crippen LogP contribution in [0.4, 0.5) is 0 Å². The van der Waals surface area contributed by atoms with Gasteiger partial charge < -0.3 is 0 Å². The smallest absolute Gasteiger partial charge is 0.0993 e. The standard InChI is InChI=1S/C7H12ClNS/c1-7(6-9,10-2)4-3-5-8/h3-5H2,1-2H3/t7-/m1/s1. The van der Waals surface area contributed by atoms with Crippen LogP contribution in [0.2, 0.25) is 0 Å². The summed E-state index contributed by atoms with van der Waals surface area (Å²) in [6, 6.07) is 2.27. The zero-order valence-electron chi connectivity index (χ0n) is 6.35. The van der Waals surface area contributed by atoms with Crippen molar-refractivity contribution < 1.29 is 0 Å². The minimum absolute atomic E-state index is 0.227. The van der Waals surface area contributed by atoms with Gasteiger partial charge in [-0.15, -0.1) is 23.4 Å². The summed E-state index contributed by atoms with van der Waals surface area (Å²) < 4.78 is -0.227. The van der Waals surface area contributed by atoms with Crippen molar-refractivity contribution in [1.82, 2.24) is 0 Å². The molecule has 0 N–H and O–H groups in total. The van der Waals surface area contributed by atoms with Crippen LogP contribution >= 0.6 is 23.4 Å². The van der Waals surface area contributed by atoms with Gasteiger partial charge in [0.2, 0.25) is 0 Å². The van der Waals surface area contributed by atoms with Gasteiger partial charge in [0.15, 0.2) is 0 Å². The molecule has 10 heavy (non-hydrogen) atoms. The Hall–Kier alpha value is 0.130. The minimum atomic E-state index is -0.227. The number of alkyl halides is 1. The van der Waals surface area contributed by atoms with Crippen LogP contribution in [0.1, 0.15) is 19.8 Å². The predicted molar refractivity (Wildman–Crippen MR) is 47.5 cm³/mol. The van der Waals surface area contributed by atoms with Gasteiger partial charge in [-0.2, -0.15) is 5.26 Å². The molecule has 0 saturated carbocycles. The summed E-state index contributed by atoms with van der Waals surface area (Å²) in [4.78, 5) is 0. The topological polar surface area (TPSA) is 23.8 Å². The monoisotopic (exact) mass is 177 g/mol. The van der Waals surface area contributed by atoms with Crippen LogP contribution in [0.5, 0.6) is 0 Å². The van der Waals surface area contributed by atoms with E-state index in [4.69, 9.17) is 16.9 Å². The molecule has 0 aromatic rings. The summed E-state index contributed by atoms with van der Waals surface area (Å²) >= 11 is 7.10. The molecule has 1 nitrogen and oxygen atoms in total. The molecule has 0 aliphatic rings. The fourth-order valence-electron chi connectivity index (χ4n) is 0.608. The Kier molecular flexibility index (Phi) is 4.93. The molecule has 0 aromatic heterocycles. The molecule has 58 valence electrons. The van der Waals surface area contributed by atoms with Crippen molar-refractivity contribution in [2.75, 3.05) is 12.1 Å². The number of halogens is 1. The molecule has 1 atom stereocenters. The molecule has 0 saturated heterocycles. The molecule has 0 amide bonds. The highest BCUT2D eigenvalue weighted by Gasteiger charge is 2.20. The van der Waals surface area contributed by atoms with Crippen LogP contribution in [0.15, 0.2) is 0 Å². The molecule has 0 spiro atoms. The van der Waals surface area contributed by atoms with E-state index in [0.717, 1.165) is 12.8 Å². The average Bonchev–Trinajstić information content (AvgIpc) is 2.00. The number of nitriles is 1. The van der Waals surface area contributed by atoms with Crippen molar-refractivity contribution in [1.29, 1.82) is 5.26 Å². The number of hydrogen-bond donors (Lipinski definition) is 0. The number of hydrogen-bond acceptors (Lipinski definition) is 2. The summed E-state index contributed by atoms with van der Waals surface area (Å²) in [7, 11) is 0. The van der Waals surface area contributed by atoms with Crippen LogP contribution in [0.3, 0.4) is 0 Å². The fourth-order valence-corrected chi connectivity index (χ4v) is 1.18. The third-order valence-corrected chi connectivity index (χ3v) is 2.94. The van der Waals surface area contributed by atoms with Crippen LogP contribution in [-0.4, -0.2) is 16.9 Å². The molecule has 0 aliphatic heterocycles. The highest BCUT2D eigenvalue weighted by molar-refractivity contribution is 8.00. The summed E-state index contributed by atoms with van der Waals surface area (Å²) in [5.41, 5.74) is 0. The van der Waals surface area contributed by atoms with Crippen LogP contribution in [-0.2, 0) is 0 Å². The molecule has 3 heteroatoms. The minimum Gasteiger partial charge on any atom is -0.197 e. The molecule has 0 aromatic carbocycles. The Labute approximate surface area is 71.7 Å². The van der Waals surface area contributed by atoms with Crippen LogP contribution < -0.4 is 0 Å². The summed E-state index contributed by atoms with van der Waals surface area (Å²) in [5, 5.41) is 8.70. The normalized spacial score (nSPS) is 15.8. The SMILES string of the molecule is CS[C@@](C)(C#N)CCCCl. The van der Waals surface area contributed by atoms with Crippen molar-refractivity contribution in [3.8, 4) is 6.07 Å². The van der Waals surface area contributed by atoms with Gasteiger partial charge in [0.25, 0.3) is 0 Å². The zero-order chi connectivity index (χ0) is 8.04. The van der Waals surface area contributed by atoms with Gasteiger partial charge in [0.1, 0.15) is 0 Å². The number of rotatable bonds is 4. The van der Waals surface area contributed by atoms with Gasteiger partial charge in [-0.3, -0.25) is 0 Å². The van der Waals surface area contributed by atoms with E-state index in [-0.39, 0.29) is 4.75 Å².